The number of pyridine rings is 1. The van der Waals surface area contributed by atoms with Crippen LogP contribution in [0.25, 0.3) is 5.65 Å². The molecular weight excluding hydrogens is 236 g/mol. The van der Waals surface area contributed by atoms with Gasteiger partial charge in [-0.3, -0.25) is 9.80 Å². The number of imidazole rings is 1. The van der Waals surface area contributed by atoms with Crippen LogP contribution in [0.4, 0.5) is 0 Å². The fourth-order valence-electron chi connectivity index (χ4n) is 2.61. The van der Waals surface area contributed by atoms with Crippen LogP contribution < -0.4 is 0 Å². The Kier molecular flexibility index (Phi) is 3.62. The van der Waals surface area contributed by atoms with E-state index in [1.165, 1.54) is 0 Å². The highest BCUT2D eigenvalue weighted by atomic mass is 15.3. The van der Waals surface area contributed by atoms with E-state index >= 15 is 0 Å². The Morgan fingerprint density at radius 2 is 1.95 bits per heavy atom. The number of piperazine rings is 1. The summed E-state index contributed by atoms with van der Waals surface area (Å²) in [4.78, 5) is 9.56. The largest absolute Gasteiger partial charge is 0.307 e. The molecule has 0 aromatic carbocycles. The summed E-state index contributed by atoms with van der Waals surface area (Å²) in [7, 11) is 0. The first-order chi connectivity index (χ1) is 9.35. The first-order valence-electron chi connectivity index (χ1n) is 6.83. The topological polar surface area (TPSA) is 23.8 Å². The van der Waals surface area contributed by atoms with Crippen LogP contribution in [0.15, 0.2) is 43.2 Å². The number of aromatic nitrogens is 2. The van der Waals surface area contributed by atoms with Crippen molar-refractivity contribution in [3.63, 3.8) is 0 Å². The number of rotatable bonds is 4. The predicted molar refractivity (Wildman–Crippen MR) is 77.1 cm³/mol. The molecule has 19 heavy (non-hydrogen) atoms. The molecule has 4 nitrogen and oxygen atoms in total. The summed E-state index contributed by atoms with van der Waals surface area (Å²) in [5.41, 5.74) is 2.19. The Morgan fingerprint density at radius 3 is 2.68 bits per heavy atom. The van der Waals surface area contributed by atoms with Gasteiger partial charge in [0.15, 0.2) is 0 Å². The quantitative estimate of drug-likeness (QED) is 0.777. The van der Waals surface area contributed by atoms with E-state index in [2.05, 4.69) is 32.0 Å². The third-order valence-electron chi connectivity index (χ3n) is 3.65. The summed E-state index contributed by atoms with van der Waals surface area (Å²) >= 11 is 0. The summed E-state index contributed by atoms with van der Waals surface area (Å²) in [6, 6.07) is 6.11. The number of hydrogen-bond acceptors (Lipinski definition) is 3. The Bertz CT molecular complexity index is 519. The summed E-state index contributed by atoms with van der Waals surface area (Å²) < 4.78 is 2.09. The van der Waals surface area contributed by atoms with Crippen molar-refractivity contribution in [1.29, 1.82) is 0 Å². The molecular formula is C15H20N4. The fourth-order valence-corrected chi connectivity index (χ4v) is 2.61. The van der Waals surface area contributed by atoms with E-state index < -0.39 is 0 Å². The molecule has 3 heterocycles. The van der Waals surface area contributed by atoms with Gasteiger partial charge in [0.05, 0.1) is 5.69 Å². The van der Waals surface area contributed by atoms with E-state index in [4.69, 9.17) is 0 Å². The maximum atomic E-state index is 4.65. The lowest BCUT2D eigenvalue weighted by Gasteiger charge is -2.33. The lowest BCUT2D eigenvalue weighted by molar-refractivity contribution is 0.136. The first-order valence-corrected chi connectivity index (χ1v) is 6.83. The minimum absolute atomic E-state index is 0.948. The van der Waals surface area contributed by atoms with E-state index in [-0.39, 0.29) is 0 Å². The zero-order valence-electron chi connectivity index (χ0n) is 11.2. The van der Waals surface area contributed by atoms with Crippen molar-refractivity contribution in [2.24, 2.45) is 0 Å². The van der Waals surface area contributed by atoms with Gasteiger partial charge >= 0.3 is 0 Å². The first kappa shape index (κ1) is 12.4. The average Bonchev–Trinajstić information content (AvgIpc) is 2.83. The van der Waals surface area contributed by atoms with Gasteiger partial charge in [-0.15, -0.1) is 6.58 Å². The molecule has 0 unspecified atom stereocenters. The van der Waals surface area contributed by atoms with Crippen LogP contribution in [-0.2, 0) is 6.54 Å². The molecule has 4 heteroatoms. The van der Waals surface area contributed by atoms with Gasteiger partial charge in [-0.2, -0.15) is 0 Å². The second-order valence-electron chi connectivity index (χ2n) is 5.06. The number of hydrogen-bond donors (Lipinski definition) is 0. The highest BCUT2D eigenvalue weighted by molar-refractivity contribution is 5.39. The van der Waals surface area contributed by atoms with Gasteiger partial charge in [0, 0.05) is 51.7 Å². The molecule has 0 saturated carbocycles. The van der Waals surface area contributed by atoms with Gasteiger partial charge in [0.25, 0.3) is 0 Å². The summed E-state index contributed by atoms with van der Waals surface area (Å²) in [6.07, 6.45) is 6.16. The molecule has 0 bridgehead atoms. The van der Waals surface area contributed by atoms with E-state index in [0.717, 1.165) is 50.6 Å². The molecule has 0 spiro atoms. The highest BCUT2D eigenvalue weighted by Crippen LogP contribution is 2.09. The average molecular weight is 256 g/mol. The van der Waals surface area contributed by atoms with Crippen molar-refractivity contribution < 1.29 is 0 Å². The van der Waals surface area contributed by atoms with Crippen molar-refractivity contribution in [3.05, 3.63) is 48.9 Å². The van der Waals surface area contributed by atoms with Gasteiger partial charge in [0.2, 0.25) is 0 Å². The molecule has 3 rings (SSSR count). The second kappa shape index (κ2) is 5.55. The molecule has 0 N–H and O–H groups in total. The van der Waals surface area contributed by atoms with Gasteiger partial charge in [-0.05, 0) is 12.1 Å². The Morgan fingerprint density at radius 1 is 1.16 bits per heavy atom. The SMILES string of the molecule is C=CCN1CCN(Cc2cn3ccccc3n2)CC1. The van der Waals surface area contributed by atoms with Crippen molar-refractivity contribution in [2.75, 3.05) is 32.7 Å². The van der Waals surface area contributed by atoms with Crippen LogP contribution in [0.5, 0.6) is 0 Å². The summed E-state index contributed by atoms with van der Waals surface area (Å²) in [5, 5.41) is 0. The fraction of sp³-hybridized carbons (Fsp3) is 0.400. The van der Waals surface area contributed by atoms with Crippen LogP contribution in [0.2, 0.25) is 0 Å². The number of nitrogens with zero attached hydrogens (tertiary/aromatic N) is 4. The molecule has 100 valence electrons. The van der Waals surface area contributed by atoms with Crippen molar-refractivity contribution in [1.82, 2.24) is 19.2 Å². The zero-order chi connectivity index (χ0) is 13.1. The second-order valence-corrected chi connectivity index (χ2v) is 5.06. The van der Waals surface area contributed by atoms with Crippen LogP contribution in [-0.4, -0.2) is 51.9 Å². The molecule has 1 saturated heterocycles. The minimum atomic E-state index is 0.948. The molecule has 2 aromatic heterocycles. The summed E-state index contributed by atoms with van der Waals surface area (Å²) in [6.45, 7) is 10.2. The van der Waals surface area contributed by atoms with E-state index in [1.54, 1.807) is 0 Å². The van der Waals surface area contributed by atoms with E-state index in [9.17, 15) is 0 Å². The molecule has 1 fully saturated rings. The maximum absolute atomic E-state index is 4.65. The van der Waals surface area contributed by atoms with Crippen LogP contribution >= 0.6 is 0 Å². The molecule has 2 aromatic rings. The van der Waals surface area contributed by atoms with Crippen LogP contribution in [0, 0.1) is 0 Å². The summed E-state index contributed by atoms with van der Waals surface area (Å²) in [5.74, 6) is 0. The Labute approximate surface area is 114 Å². The lowest BCUT2D eigenvalue weighted by Crippen LogP contribution is -2.45. The van der Waals surface area contributed by atoms with Gasteiger partial charge in [-0.1, -0.05) is 12.1 Å². The molecule has 0 atom stereocenters. The molecule has 0 aliphatic carbocycles. The minimum Gasteiger partial charge on any atom is -0.307 e. The lowest BCUT2D eigenvalue weighted by atomic mass is 10.3. The van der Waals surface area contributed by atoms with Crippen molar-refractivity contribution >= 4 is 5.65 Å². The maximum Gasteiger partial charge on any atom is 0.137 e. The van der Waals surface area contributed by atoms with Gasteiger partial charge < -0.3 is 4.40 Å². The molecule has 0 amide bonds. The third-order valence-corrected chi connectivity index (χ3v) is 3.65. The smallest absolute Gasteiger partial charge is 0.137 e. The Hall–Kier alpha value is -1.65. The standard InChI is InChI=1S/C15H20N4/c1-2-6-17-8-10-18(11-9-17)12-14-13-19-7-4-3-5-15(19)16-14/h2-5,7,13H,1,6,8-12H2. The van der Waals surface area contributed by atoms with Gasteiger partial charge in [0.1, 0.15) is 5.65 Å². The van der Waals surface area contributed by atoms with Crippen LogP contribution in [0.3, 0.4) is 0 Å². The van der Waals surface area contributed by atoms with E-state index in [1.807, 2.05) is 30.5 Å². The highest BCUT2D eigenvalue weighted by Gasteiger charge is 2.16. The number of fused-ring (bicyclic) bond motifs is 1. The molecule has 1 aliphatic heterocycles. The normalized spacial score (nSPS) is 17.9. The van der Waals surface area contributed by atoms with E-state index in [0.29, 0.717) is 0 Å². The van der Waals surface area contributed by atoms with Crippen molar-refractivity contribution in [3.8, 4) is 0 Å². The van der Waals surface area contributed by atoms with Gasteiger partial charge in [-0.25, -0.2) is 4.98 Å². The monoisotopic (exact) mass is 256 g/mol. The zero-order valence-corrected chi connectivity index (χ0v) is 11.2. The Balaban J connectivity index is 1.61. The van der Waals surface area contributed by atoms with Crippen LogP contribution in [0.1, 0.15) is 5.69 Å². The van der Waals surface area contributed by atoms with Crippen molar-refractivity contribution in [2.45, 2.75) is 6.54 Å². The third kappa shape index (κ3) is 2.85. The predicted octanol–water partition coefficient (Wildman–Crippen LogP) is 1.64. The molecule has 1 aliphatic rings. The molecule has 0 radical (unpaired) electrons.